The molecule has 0 saturated carbocycles. The third-order valence-corrected chi connectivity index (χ3v) is 1.39. The van der Waals surface area contributed by atoms with E-state index in [1.54, 1.807) is 0 Å². The Bertz CT molecular complexity index is 160. The van der Waals surface area contributed by atoms with E-state index in [0.717, 1.165) is 0 Å². The van der Waals surface area contributed by atoms with Gasteiger partial charge in [-0.05, 0) is 0 Å². The van der Waals surface area contributed by atoms with Crippen molar-refractivity contribution in [2.24, 2.45) is 5.73 Å². The van der Waals surface area contributed by atoms with Gasteiger partial charge in [0, 0.05) is 0 Å². The van der Waals surface area contributed by atoms with E-state index < -0.39 is 23.6 Å². The maximum Gasteiger partial charge on any atom is 0.405 e. The molecule has 0 fully saturated rings. The van der Waals surface area contributed by atoms with E-state index >= 15 is 0 Å². The van der Waals surface area contributed by atoms with Crippen LogP contribution in [-0.4, -0.2) is 28.7 Å². The highest BCUT2D eigenvalue weighted by atomic mass is 35.5. The second-order valence-corrected chi connectivity index (χ2v) is 2.28. The van der Waals surface area contributed by atoms with E-state index in [9.17, 15) is 18.0 Å². The summed E-state index contributed by atoms with van der Waals surface area (Å²) in [7, 11) is 0. The van der Waals surface area contributed by atoms with Crippen LogP contribution in [0.1, 0.15) is 0 Å². The van der Waals surface area contributed by atoms with Crippen LogP contribution in [0.25, 0.3) is 0 Å². The van der Waals surface area contributed by atoms with Crippen LogP contribution in [0.15, 0.2) is 0 Å². The third-order valence-electron chi connectivity index (χ3n) is 0.929. The summed E-state index contributed by atoms with van der Waals surface area (Å²) in [6.45, 7) is 0. The van der Waals surface area contributed by atoms with Crippen LogP contribution in [0.4, 0.5) is 13.2 Å². The number of halogens is 4. The number of nitrogens with two attached hydrogens (primary N) is 1. The van der Waals surface area contributed by atoms with Crippen LogP contribution in [0.3, 0.4) is 0 Å². The molecular formula is C4H5ClF3NO2. The van der Waals surface area contributed by atoms with Gasteiger partial charge in [0.15, 0.2) is 5.38 Å². The molecule has 0 radical (unpaired) electrons. The topological polar surface area (TPSA) is 63.3 Å². The fraction of sp³-hybridized carbons (Fsp3) is 0.750. The van der Waals surface area contributed by atoms with E-state index in [4.69, 9.17) is 16.7 Å². The molecule has 0 rings (SSSR count). The number of rotatable bonds is 2. The first-order chi connectivity index (χ1) is 4.76. The van der Waals surface area contributed by atoms with E-state index in [-0.39, 0.29) is 0 Å². The summed E-state index contributed by atoms with van der Waals surface area (Å²) in [5, 5.41) is 5.87. The van der Waals surface area contributed by atoms with Gasteiger partial charge in [-0.3, -0.25) is 4.79 Å². The van der Waals surface area contributed by atoms with Crippen molar-refractivity contribution in [3.05, 3.63) is 0 Å². The highest BCUT2D eigenvalue weighted by molar-refractivity contribution is 6.30. The summed E-state index contributed by atoms with van der Waals surface area (Å²) in [5.74, 6) is -1.78. The van der Waals surface area contributed by atoms with Crippen molar-refractivity contribution >= 4 is 17.6 Å². The number of hydrogen-bond acceptors (Lipinski definition) is 2. The second-order valence-electron chi connectivity index (χ2n) is 1.81. The number of carbonyl (C=O) groups is 1. The number of carboxylic acid groups (broad SMARTS) is 1. The molecule has 2 atom stereocenters. The van der Waals surface area contributed by atoms with E-state index in [1.807, 2.05) is 0 Å². The number of alkyl halides is 4. The van der Waals surface area contributed by atoms with Crippen molar-refractivity contribution in [2.75, 3.05) is 0 Å². The predicted octanol–water partition coefficient (Wildman–Crippen LogP) is 0.568. The lowest BCUT2D eigenvalue weighted by Crippen LogP contribution is -2.47. The Morgan fingerprint density at radius 1 is 1.55 bits per heavy atom. The molecule has 0 aromatic heterocycles. The lowest BCUT2D eigenvalue weighted by Gasteiger charge is -2.16. The van der Waals surface area contributed by atoms with Crippen LogP contribution in [0.2, 0.25) is 0 Å². The smallest absolute Gasteiger partial charge is 0.405 e. The van der Waals surface area contributed by atoms with Crippen molar-refractivity contribution < 1.29 is 23.1 Å². The summed E-state index contributed by atoms with van der Waals surface area (Å²) in [4.78, 5) is 9.88. The largest absolute Gasteiger partial charge is 0.480 e. The van der Waals surface area contributed by atoms with Gasteiger partial charge < -0.3 is 10.8 Å². The Balaban J connectivity index is 4.25. The average molecular weight is 192 g/mol. The van der Waals surface area contributed by atoms with Crippen molar-refractivity contribution in [3.63, 3.8) is 0 Å². The predicted molar refractivity (Wildman–Crippen MR) is 31.3 cm³/mol. The minimum Gasteiger partial charge on any atom is -0.480 e. The maximum atomic E-state index is 11.6. The fourth-order valence-electron chi connectivity index (χ4n) is 0.320. The van der Waals surface area contributed by atoms with Crippen molar-refractivity contribution in [2.45, 2.75) is 17.6 Å². The van der Waals surface area contributed by atoms with Gasteiger partial charge in [0.25, 0.3) is 0 Å². The molecule has 0 heterocycles. The van der Waals surface area contributed by atoms with Crippen molar-refractivity contribution in [3.8, 4) is 0 Å². The molecule has 0 aliphatic heterocycles. The first kappa shape index (κ1) is 10.5. The van der Waals surface area contributed by atoms with Gasteiger partial charge >= 0.3 is 12.1 Å². The molecule has 11 heavy (non-hydrogen) atoms. The van der Waals surface area contributed by atoms with Crippen LogP contribution in [-0.2, 0) is 4.79 Å². The zero-order chi connectivity index (χ0) is 9.23. The van der Waals surface area contributed by atoms with Crippen LogP contribution < -0.4 is 5.73 Å². The van der Waals surface area contributed by atoms with Crippen LogP contribution in [0, 0.1) is 0 Å². The molecule has 0 amide bonds. The molecule has 0 spiro atoms. The highest BCUT2D eigenvalue weighted by Crippen LogP contribution is 2.23. The monoisotopic (exact) mass is 191 g/mol. The molecule has 7 heteroatoms. The molecule has 0 aromatic carbocycles. The Kier molecular flexibility index (Phi) is 3.13. The molecule has 0 bridgehead atoms. The zero-order valence-electron chi connectivity index (χ0n) is 5.10. The average Bonchev–Trinajstić information content (AvgIpc) is 1.82. The zero-order valence-corrected chi connectivity index (χ0v) is 5.86. The van der Waals surface area contributed by atoms with E-state index in [1.165, 1.54) is 0 Å². The third kappa shape index (κ3) is 2.94. The SMILES string of the molecule is N[C@@H]([C@@H](Cl)C(=O)O)C(F)(F)F. The van der Waals surface area contributed by atoms with Gasteiger partial charge in [0.2, 0.25) is 0 Å². The summed E-state index contributed by atoms with van der Waals surface area (Å²) < 4.78 is 34.8. The normalized spacial score (nSPS) is 17.5. The first-order valence-corrected chi connectivity index (χ1v) is 2.89. The molecular weight excluding hydrogens is 186 g/mol. The Morgan fingerprint density at radius 3 is 2.00 bits per heavy atom. The number of hydrogen-bond donors (Lipinski definition) is 2. The first-order valence-electron chi connectivity index (χ1n) is 2.46. The molecule has 66 valence electrons. The molecule has 3 N–H and O–H groups in total. The molecule has 0 aliphatic carbocycles. The molecule has 0 aromatic rings. The minimum atomic E-state index is -4.77. The van der Waals surface area contributed by atoms with Crippen molar-refractivity contribution in [1.29, 1.82) is 0 Å². The standard InChI is InChI=1S/C4H5ClF3NO2/c5-1(3(10)11)2(9)4(6,7)8/h1-2H,9H2,(H,10,11)/t1-,2+/m1/s1. The Morgan fingerprint density at radius 2 is 1.91 bits per heavy atom. The van der Waals surface area contributed by atoms with Crippen LogP contribution in [0.5, 0.6) is 0 Å². The van der Waals surface area contributed by atoms with Gasteiger partial charge in [0.1, 0.15) is 6.04 Å². The summed E-state index contributed by atoms with van der Waals surface area (Å²) in [6, 6.07) is -2.53. The lowest BCUT2D eigenvalue weighted by molar-refractivity contribution is -0.159. The summed E-state index contributed by atoms with van der Waals surface area (Å²) in [6.07, 6.45) is -4.77. The lowest BCUT2D eigenvalue weighted by atomic mass is 10.2. The summed E-state index contributed by atoms with van der Waals surface area (Å²) >= 11 is 4.81. The quantitative estimate of drug-likeness (QED) is 0.627. The fourth-order valence-corrected chi connectivity index (χ4v) is 0.462. The van der Waals surface area contributed by atoms with Crippen LogP contribution >= 0.6 is 11.6 Å². The summed E-state index contributed by atoms with van der Waals surface area (Å²) in [5.41, 5.74) is 4.46. The number of aliphatic carboxylic acids is 1. The molecule has 3 nitrogen and oxygen atoms in total. The van der Waals surface area contributed by atoms with Gasteiger partial charge in [-0.1, -0.05) is 0 Å². The van der Waals surface area contributed by atoms with Gasteiger partial charge in [-0.15, -0.1) is 11.6 Å². The van der Waals surface area contributed by atoms with Crippen molar-refractivity contribution in [1.82, 2.24) is 0 Å². The Labute approximate surface area is 64.9 Å². The molecule has 0 aliphatic rings. The van der Waals surface area contributed by atoms with E-state index in [0.29, 0.717) is 0 Å². The highest BCUT2D eigenvalue weighted by Gasteiger charge is 2.44. The molecule has 0 unspecified atom stereocenters. The second kappa shape index (κ2) is 3.27. The minimum absolute atomic E-state index is 1.78. The number of carboxylic acids is 1. The van der Waals surface area contributed by atoms with Gasteiger partial charge in [-0.25, -0.2) is 0 Å². The van der Waals surface area contributed by atoms with Gasteiger partial charge in [-0.2, -0.15) is 13.2 Å². The maximum absolute atomic E-state index is 11.6. The van der Waals surface area contributed by atoms with E-state index in [2.05, 4.69) is 5.73 Å². The van der Waals surface area contributed by atoms with Gasteiger partial charge in [0.05, 0.1) is 0 Å². The Hall–Kier alpha value is -0.490. The molecule has 0 saturated heterocycles.